The molecule has 0 spiro atoms. The molecule has 0 saturated heterocycles. The fourth-order valence-electron chi connectivity index (χ4n) is 2.61. The lowest BCUT2D eigenvalue weighted by atomic mass is 9.99. The highest BCUT2D eigenvalue weighted by molar-refractivity contribution is 6.07. The lowest BCUT2D eigenvalue weighted by molar-refractivity contribution is -0.110. The highest BCUT2D eigenvalue weighted by Crippen LogP contribution is 2.20. The first kappa shape index (κ1) is 17.9. The van der Waals surface area contributed by atoms with E-state index in [4.69, 9.17) is 0 Å². The standard InChI is InChI=1S/C23H26O/c1-15-7-9-21(11-17(15)3)19(5)13-23(24)14-20(6)22-10-8-16(2)18(4)12-22/h7-14H,1-6H3. The van der Waals surface area contributed by atoms with Crippen LogP contribution in [0.5, 0.6) is 0 Å². The number of hydrogen-bond donors (Lipinski definition) is 0. The predicted molar refractivity (Wildman–Crippen MR) is 104 cm³/mol. The summed E-state index contributed by atoms with van der Waals surface area (Å²) >= 11 is 0. The maximum absolute atomic E-state index is 12.4. The van der Waals surface area contributed by atoms with Crippen molar-refractivity contribution in [2.45, 2.75) is 41.5 Å². The number of benzene rings is 2. The smallest absolute Gasteiger partial charge is 0.179 e. The summed E-state index contributed by atoms with van der Waals surface area (Å²) in [7, 11) is 0. The molecular formula is C23H26O. The number of hydrogen-bond acceptors (Lipinski definition) is 1. The lowest BCUT2D eigenvalue weighted by Gasteiger charge is -2.06. The van der Waals surface area contributed by atoms with E-state index < -0.39 is 0 Å². The van der Waals surface area contributed by atoms with Gasteiger partial charge in [0.1, 0.15) is 0 Å². The van der Waals surface area contributed by atoms with E-state index in [9.17, 15) is 4.79 Å². The van der Waals surface area contributed by atoms with Crippen molar-refractivity contribution in [3.63, 3.8) is 0 Å². The Bertz CT molecular complexity index is 766. The molecule has 0 bridgehead atoms. The lowest BCUT2D eigenvalue weighted by Crippen LogP contribution is -1.93. The Balaban J connectivity index is 2.23. The molecule has 1 heteroatoms. The quantitative estimate of drug-likeness (QED) is 0.632. The van der Waals surface area contributed by atoms with Gasteiger partial charge in [0.15, 0.2) is 5.78 Å². The first-order chi connectivity index (χ1) is 11.3. The Morgan fingerprint density at radius 2 is 1.04 bits per heavy atom. The second-order valence-electron chi connectivity index (χ2n) is 6.66. The minimum Gasteiger partial charge on any atom is -0.290 e. The second kappa shape index (κ2) is 7.44. The Hall–Kier alpha value is -2.41. The fourth-order valence-corrected chi connectivity index (χ4v) is 2.61. The minimum absolute atomic E-state index is 0.0291. The summed E-state index contributed by atoms with van der Waals surface area (Å²) < 4.78 is 0. The molecule has 2 rings (SSSR count). The maximum Gasteiger partial charge on any atom is 0.179 e. The third-order valence-corrected chi connectivity index (χ3v) is 4.64. The van der Waals surface area contributed by atoms with E-state index in [1.807, 2.05) is 13.8 Å². The van der Waals surface area contributed by atoms with Gasteiger partial charge in [0.05, 0.1) is 0 Å². The Labute approximate surface area is 145 Å². The summed E-state index contributed by atoms with van der Waals surface area (Å²) in [6, 6.07) is 12.6. The molecule has 0 aliphatic carbocycles. The van der Waals surface area contributed by atoms with Crippen LogP contribution in [0.15, 0.2) is 48.6 Å². The first-order valence-corrected chi connectivity index (χ1v) is 8.33. The molecule has 0 atom stereocenters. The molecular weight excluding hydrogens is 292 g/mol. The van der Waals surface area contributed by atoms with Crippen LogP contribution in [0.3, 0.4) is 0 Å². The fraction of sp³-hybridized carbons (Fsp3) is 0.261. The van der Waals surface area contributed by atoms with E-state index in [0.29, 0.717) is 0 Å². The molecule has 2 aromatic carbocycles. The summed E-state index contributed by atoms with van der Waals surface area (Å²) in [6.07, 6.45) is 3.43. The number of carbonyl (C=O) groups is 1. The van der Waals surface area contributed by atoms with Crippen LogP contribution in [-0.4, -0.2) is 5.78 Å². The van der Waals surface area contributed by atoms with Crippen molar-refractivity contribution < 1.29 is 4.79 Å². The number of carbonyl (C=O) groups excluding carboxylic acids is 1. The maximum atomic E-state index is 12.4. The van der Waals surface area contributed by atoms with Crippen molar-refractivity contribution in [1.82, 2.24) is 0 Å². The largest absolute Gasteiger partial charge is 0.290 e. The van der Waals surface area contributed by atoms with Crippen molar-refractivity contribution in [2.24, 2.45) is 0 Å². The third-order valence-electron chi connectivity index (χ3n) is 4.64. The molecule has 0 unspecified atom stereocenters. The van der Waals surface area contributed by atoms with E-state index in [2.05, 4.69) is 64.1 Å². The topological polar surface area (TPSA) is 17.1 Å². The Morgan fingerprint density at radius 1 is 0.667 bits per heavy atom. The summed E-state index contributed by atoms with van der Waals surface area (Å²) in [5.41, 5.74) is 9.21. The van der Waals surface area contributed by atoms with Gasteiger partial charge in [0.25, 0.3) is 0 Å². The minimum atomic E-state index is 0.0291. The summed E-state index contributed by atoms with van der Waals surface area (Å²) in [5.74, 6) is 0.0291. The van der Waals surface area contributed by atoms with Crippen LogP contribution in [0.1, 0.15) is 47.2 Å². The van der Waals surface area contributed by atoms with Crippen LogP contribution in [0, 0.1) is 27.7 Å². The highest BCUT2D eigenvalue weighted by Gasteiger charge is 2.03. The van der Waals surface area contributed by atoms with E-state index in [1.165, 1.54) is 22.3 Å². The zero-order valence-corrected chi connectivity index (χ0v) is 15.5. The van der Waals surface area contributed by atoms with E-state index in [-0.39, 0.29) is 5.78 Å². The third kappa shape index (κ3) is 4.32. The first-order valence-electron chi connectivity index (χ1n) is 8.33. The van der Waals surface area contributed by atoms with Crippen LogP contribution in [-0.2, 0) is 4.79 Å². The average Bonchev–Trinajstić information content (AvgIpc) is 2.52. The molecule has 0 heterocycles. The van der Waals surface area contributed by atoms with Crippen LogP contribution in [0.25, 0.3) is 11.1 Å². The van der Waals surface area contributed by atoms with Gasteiger partial charge in [0, 0.05) is 0 Å². The van der Waals surface area contributed by atoms with Crippen LogP contribution < -0.4 is 0 Å². The predicted octanol–water partition coefficient (Wildman–Crippen LogP) is 6.00. The van der Waals surface area contributed by atoms with Gasteiger partial charge in [-0.1, -0.05) is 36.4 Å². The number of aryl methyl sites for hydroxylation is 4. The summed E-state index contributed by atoms with van der Waals surface area (Å²) in [5, 5.41) is 0. The molecule has 0 fully saturated rings. The highest BCUT2D eigenvalue weighted by atomic mass is 16.1. The van der Waals surface area contributed by atoms with Crippen LogP contribution in [0.4, 0.5) is 0 Å². The van der Waals surface area contributed by atoms with Gasteiger partial charge in [-0.05, 0) is 98.2 Å². The monoisotopic (exact) mass is 318 g/mol. The van der Waals surface area contributed by atoms with E-state index >= 15 is 0 Å². The van der Waals surface area contributed by atoms with E-state index in [0.717, 1.165) is 22.3 Å². The second-order valence-corrected chi connectivity index (χ2v) is 6.66. The zero-order chi connectivity index (χ0) is 17.9. The number of rotatable bonds is 4. The van der Waals surface area contributed by atoms with Crippen molar-refractivity contribution in [3.05, 3.63) is 81.9 Å². The molecule has 0 amide bonds. The molecule has 1 nitrogen and oxygen atoms in total. The summed E-state index contributed by atoms with van der Waals surface area (Å²) in [4.78, 5) is 12.4. The van der Waals surface area contributed by atoms with Crippen molar-refractivity contribution >= 4 is 16.9 Å². The zero-order valence-electron chi connectivity index (χ0n) is 15.5. The average molecular weight is 318 g/mol. The molecule has 0 aliphatic rings. The summed E-state index contributed by atoms with van der Waals surface area (Å²) in [6.45, 7) is 12.4. The van der Waals surface area contributed by atoms with Gasteiger partial charge in [-0.2, -0.15) is 0 Å². The number of allylic oxidation sites excluding steroid dienone is 4. The van der Waals surface area contributed by atoms with Crippen molar-refractivity contribution in [1.29, 1.82) is 0 Å². The Morgan fingerprint density at radius 3 is 1.38 bits per heavy atom. The van der Waals surface area contributed by atoms with Gasteiger partial charge in [0.2, 0.25) is 0 Å². The Kier molecular flexibility index (Phi) is 5.56. The normalized spacial score (nSPS) is 12.4. The number of ketones is 1. The van der Waals surface area contributed by atoms with Crippen molar-refractivity contribution in [2.75, 3.05) is 0 Å². The van der Waals surface area contributed by atoms with Crippen LogP contribution in [0.2, 0.25) is 0 Å². The van der Waals surface area contributed by atoms with Crippen LogP contribution >= 0.6 is 0 Å². The van der Waals surface area contributed by atoms with Gasteiger partial charge < -0.3 is 0 Å². The molecule has 0 radical (unpaired) electrons. The molecule has 124 valence electrons. The van der Waals surface area contributed by atoms with E-state index in [1.54, 1.807) is 12.2 Å². The molecule has 0 aromatic heterocycles. The molecule has 0 aliphatic heterocycles. The molecule has 2 aromatic rings. The van der Waals surface area contributed by atoms with Gasteiger partial charge >= 0.3 is 0 Å². The van der Waals surface area contributed by atoms with Gasteiger partial charge in [-0.25, -0.2) is 0 Å². The molecule has 0 N–H and O–H groups in total. The molecule has 24 heavy (non-hydrogen) atoms. The van der Waals surface area contributed by atoms with Gasteiger partial charge in [-0.3, -0.25) is 4.79 Å². The molecule has 0 saturated carbocycles. The van der Waals surface area contributed by atoms with Crippen molar-refractivity contribution in [3.8, 4) is 0 Å². The SMILES string of the molecule is CC(=CC(=O)C=C(C)c1ccc(C)c(C)c1)c1ccc(C)c(C)c1. The van der Waals surface area contributed by atoms with Gasteiger partial charge in [-0.15, -0.1) is 0 Å².